The van der Waals surface area contributed by atoms with Crippen molar-refractivity contribution in [1.82, 2.24) is 15.0 Å². The second kappa shape index (κ2) is 13.5. The van der Waals surface area contributed by atoms with Crippen LogP contribution < -0.4 is 14.5 Å². The Kier molecular flexibility index (Phi) is 8.41. The first-order chi connectivity index (χ1) is 26.6. The summed E-state index contributed by atoms with van der Waals surface area (Å²) in [5.74, 6) is -14.8. The number of azo groups is 1. The maximum atomic E-state index is 14.2. The van der Waals surface area contributed by atoms with Gasteiger partial charge in [0, 0.05) is 52.7 Å². The summed E-state index contributed by atoms with van der Waals surface area (Å²) in [6.07, 6.45) is 2.67. The summed E-state index contributed by atoms with van der Waals surface area (Å²) >= 11 is 1.51. The molecular weight excluding hydrogens is 742 g/mol. The molecule has 0 bridgehead atoms. The highest BCUT2D eigenvalue weighted by Crippen LogP contribution is 2.42. The number of carbonyl (C=O) groups is 2. The number of ether oxygens (including phenoxy) is 1. The lowest BCUT2D eigenvalue weighted by Crippen LogP contribution is -2.29. The van der Waals surface area contributed by atoms with Crippen LogP contribution in [0.5, 0.6) is 5.75 Å². The van der Waals surface area contributed by atoms with Crippen molar-refractivity contribution in [3.63, 3.8) is 0 Å². The Morgan fingerprint density at radius 1 is 0.764 bits per heavy atom. The number of aromatic nitrogens is 3. The van der Waals surface area contributed by atoms with Gasteiger partial charge in [-0.05, 0) is 67.3 Å². The summed E-state index contributed by atoms with van der Waals surface area (Å²) in [6.45, 7) is 2.23. The molecular formula is C39H26F5N7O3S. The zero-order valence-corrected chi connectivity index (χ0v) is 29.2. The number of aromatic amines is 2. The van der Waals surface area contributed by atoms with E-state index in [1.165, 1.54) is 17.4 Å². The van der Waals surface area contributed by atoms with Crippen LogP contribution in [0.1, 0.15) is 39.4 Å². The molecule has 0 saturated carbocycles. The predicted molar refractivity (Wildman–Crippen MR) is 196 cm³/mol. The molecule has 2 aliphatic heterocycles. The summed E-state index contributed by atoms with van der Waals surface area (Å²) < 4.78 is 73.7. The van der Waals surface area contributed by atoms with Crippen molar-refractivity contribution < 1.29 is 36.3 Å². The fourth-order valence-electron chi connectivity index (χ4n) is 7.00. The number of anilines is 2. The van der Waals surface area contributed by atoms with Crippen molar-refractivity contribution in [2.24, 2.45) is 10.2 Å². The van der Waals surface area contributed by atoms with Gasteiger partial charge < -0.3 is 24.5 Å². The summed E-state index contributed by atoms with van der Waals surface area (Å²) in [4.78, 5) is 41.4. The van der Waals surface area contributed by atoms with E-state index < -0.39 is 40.8 Å². The summed E-state index contributed by atoms with van der Waals surface area (Å²) in [6, 6.07) is 21.7. The van der Waals surface area contributed by atoms with Gasteiger partial charge in [0.1, 0.15) is 17.1 Å². The Balaban J connectivity index is 0.953. The van der Waals surface area contributed by atoms with E-state index in [-0.39, 0.29) is 11.6 Å². The molecule has 16 heteroatoms. The predicted octanol–water partition coefficient (Wildman–Crippen LogP) is 9.91. The highest BCUT2D eigenvalue weighted by atomic mass is 32.1. The molecule has 2 N–H and O–H groups in total. The number of carbonyl (C=O) groups excluding carboxylic acids is 2. The zero-order valence-electron chi connectivity index (χ0n) is 28.4. The first-order valence-corrected chi connectivity index (χ1v) is 18.0. The molecule has 5 heterocycles. The van der Waals surface area contributed by atoms with Gasteiger partial charge in [-0.3, -0.25) is 4.79 Å². The average Bonchev–Trinajstić information content (AvgIpc) is 4.05. The summed E-state index contributed by atoms with van der Waals surface area (Å²) in [5, 5.41) is 12.1. The monoisotopic (exact) mass is 767 g/mol. The number of thiazole rings is 1. The van der Waals surface area contributed by atoms with Crippen molar-refractivity contribution in [3.05, 3.63) is 119 Å². The molecule has 1 fully saturated rings. The van der Waals surface area contributed by atoms with E-state index in [9.17, 15) is 31.5 Å². The Morgan fingerprint density at radius 2 is 1.47 bits per heavy atom. The standard InChI is InChI=1S/C39H26F5N7O3S/c40-29-30(41)32(43)35(33(44)31(29)42)54-38(53)27-18-23-22-12-15-51(28(22)11-10-25(23)46-27)37(52)26-17-20-16-21(8-9-24(20)45-26)48-49-36-34(19-6-2-1-3-7-19)47-39(55-36)50-13-4-5-14-50/h1-3,6-11,16-18,45-46H,4-5,12-15H2. The van der Waals surface area contributed by atoms with E-state index in [2.05, 4.69) is 29.8 Å². The summed E-state index contributed by atoms with van der Waals surface area (Å²) in [5.41, 5.74) is 4.81. The van der Waals surface area contributed by atoms with Crippen LogP contribution in [0.4, 0.5) is 43.5 Å². The van der Waals surface area contributed by atoms with E-state index in [1.807, 2.05) is 48.5 Å². The number of benzene rings is 4. The number of nitrogens with one attached hydrogen (secondary N) is 2. The topological polar surface area (TPSA) is 119 Å². The van der Waals surface area contributed by atoms with Gasteiger partial charge in [0.25, 0.3) is 5.91 Å². The molecule has 1 saturated heterocycles. The van der Waals surface area contributed by atoms with Crippen LogP contribution in [0, 0.1) is 29.1 Å². The van der Waals surface area contributed by atoms with Gasteiger partial charge in [-0.1, -0.05) is 41.7 Å². The van der Waals surface area contributed by atoms with Gasteiger partial charge >= 0.3 is 5.97 Å². The lowest BCUT2D eigenvalue weighted by molar-refractivity contribution is 0.0710. The smallest absolute Gasteiger partial charge is 0.360 e. The molecule has 4 aromatic carbocycles. The quantitative estimate of drug-likeness (QED) is 0.0418. The minimum atomic E-state index is -2.37. The maximum Gasteiger partial charge on any atom is 0.360 e. The Labute approximate surface area is 311 Å². The minimum Gasteiger partial charge on any atom is -0.415 e. The first kappa shape index (κ1) is 34.4. The average molecular weight is 768 g/mol. The number of nitrogens with zero attached hydrogens (tertiary/aromatic N) is 5. The zero-order chi connectivity index (χ0) is 38.0. The van der Waals surface area contributed by atoms with Crippen LogP contribution in [0.25, 0.3) is 33.1 Å². The molecule has 0 atom stereocenters. The van der Waals surface area contributed by atoms with Gasteiger partial charge in [0.05, 0.1) is 5.69 Å². The second-order valence-electron chi connectivity index (χ2n) is 13.1. The third kappa shape index (κ3) is 5.98. The van der Waals surface area contributed by atoms with Crippen molar-refractivity contribution in [1.29, 1.82) is 0 Å². The molecule has 0 unspecified atom stereocenters. The van der Waals surface area contributed by atoms with E-state index in [4.69, 9.17) is 4.98 Å². The fourth-order valence-corrected chi connectivity index (χ4v) is 7.96. The van der Waals surface area contributed by atoms with Crippen LogP contribution in [0.15, 0.2) is 83.0 Å². The van der Waals surface area contributed by atoms with Gasteiger partial charge in [-0.15, -0.1) is 10.2 Å². The Hall–Kier alpha value is -6.42. The molecule has 55 heavy (non-hydrogen) atoms. The van der Waals surface area contributed by atoms with Gasteiger partial charge in [0.2, 0.25) is 34.8 Å². The largest absolute Gasteiger partial charge is 0.415 e. The van der Waals surface area contributed by atoms with Crippen molar-refractivity contribution in [2.75, 3.05) is 29.4 Å². The van der Waals surface area contributed by atoms with Crippen LogP contribution in [-0.4, -0.2) is 46.5 Å². The number of esters is 1. The molecule has 0 spiro atoms. The number of rotatable bonds is 7. The molecule has 0 radical (unpaired) electrons. The number of fused-ring (bicyclic) bond motifs is 4. The van der Waals surface area contributed by atoms with Crippen LogP contribution in [0.2, 0.25) is 0 Å². The van der Waals surface area contributed by atoms with Gasteiger partial charge in [0.15, 0.2) is 10.1 Å². The van der Waals surface area contributed by atoms with Gasteiger partial charge in [-0.25, -0.2) is 22.9 Å². The lowest BCUT2D eigenvalue weighted by Gasteiger charge is -2.16. The molecule has 2 aliphatic rings. The van der Waals surface area contributed by atoms with E-state index in [0.29, 0.717) is 51.5 Å². The van der Waals surface area contributed by atoms with Crippen LogP contribution >= 0.6 is 11.3 Å². The molecule has 0 aliphatic carbocycles. The SMILES string of the molecule is O=C(Oc1c(F)c(F)c(F)c(F)c1F)c1cc2c3c(ccc2[nH]1)N(C(=O)c1cc2cc(N=Nc4sc(N5CCCC5)nc4-c4ccccc4)ccc2[nH]1)CC3. The highest BCUT2D eigenvalue weighted by molar-refractivity contribution is 7.19. The van der Waals surface area contributed by atoms with E-state index >= 15 is 0 Å². The number of hydrogen-bond acceptors (Lipinski definition) is 8. The molecule has 10 nitrogen and oxygen atoms in total. The summed E-state index contributed by atoms with van der Waals surface area (Å²) in [7, 11) is 0. The van der Waals surface area contributed by atoms with E-state index in [0.717, 1.165) is 53.2 Å². The van der Waals surface area contributed by atoms with Crippen molar-refractivity contribution >= 4 is 66.5 Å². The fraction of sp³-hybridized carbons (Fsp3) is 0.154. The third-order valence-electron chi connectivity index (χ3n) is 9.71. The minimum absolute atomic E-state index is 0.292. The molecule has 7 aromatic rings. The Bertz CT molecular complexity index is 2690. The third-order valence-corrected chi connectivity index (χ3v) is 10.7. The van der Waals surface area contributed by atoms with Crippen LogP contribution in [0.3, 0.4) is 0 Å². The lowest BCUT2D eigenvalue weighted by atomic mass is 10.1. The number of amides is 1. The molecule has 1 amide bonds. The van der Waals surface area contributed by atoms with Gasteiger partial charge in [-0.2, -0.15) is 8.78 Å². The second-order valence-corrected chi connectivity index (χ2v) is 14.0. The first-order valence-electron chi connectivity index (χ1n) is 17.2. The molecule has 9 rings (SSSR count). The van der Waals surface area contributed by atoms with Crippen molar-refractivity contribution in [3.8, 4) is 17.0 Å². The van der Waals surface area contributed by atoms with Crippen molar-refractivity contribution in [2.45, 2.75) is 19.3 Å². The number of halogens is 5. The molecule has 276 valence electrons. The maximum absolute atomic E-state index is 14.2. The molecule has 3 aromatic heterocycles. The normalized spacial score (nSPS) is 14.2. The van der Waals surface area contributed by atoms with Crippen LogP contribution in [-0.2, 0) is 6.42 Å². The number of H-pyrrole nitrogens is 2. The number of hydrogen-bond donors (Lipinski definition) is 2. The highest BCUT2D eigenvalue weighted by Gasteiger charge is 2.31. The Morgan fingerprint density at radius 3 is 2.24 bits per heavy atom. The van der Waals surface area contributed by atoms with E-state index in [1.54, 1.807) is 23.1 Å².